The molecule has 3 unspecified atom stereocenters. The molecule has 2 fully saturated rings. The maximum Gasteiger partial charge on any atom is 0.407 e. The molecule has 2 saturated carbocycles. The zero-order valence-electron chi connectivity index (χ0n) is 23.0. The Morgan fingerprint density at radius 3 is 2.61 bits per heavy atom. The minimum absolute atomic E-state index is 0.0196. The van der Waals surface area contributed by atoms with Gasteiger partial charge in [0, 0.05) is 11.8 Å². The van der Waals surface area contributed by atoms with E-state index in [0.29, 0.717) is 0 Å². The topological polar surface area (TPSA) is 84.1 Å². The molecule has 0 saturated heterocycles. The fourth-order valence-electron chi connectivity index (χ4n) is 7.40. The second kappa shape index (κ2) is 9.87. The minimum atomic E-state index is -0.567. The summed E-state index contributed by atoms with van der Waals surface area (Å²) in [6.45, 7) is 6.19. The van der Waals surface area contributed by atoms with E-state index in [2.05, 4.69) is 47.6 Å². The molecular weight excluding hydrogens is 474 g/mol. The second-order valence-corrected chi connectivity index (χ2v) is 12.1. The Morgan fingerprint density at radius 2 is 1.87 bits per heavy atom. The van der Waals surface area contributed by atoms with Crippen molar-refractivity contribution in [2.75, 3.05) is 7.11 Å². The predicted octanol–water partition coefficient (Wildman–Crippen LogP) is 6.81. The molecule has 1 amide bonds. The molecule has 3 aromatic rings. The number of rotatable bonds is 6. The van der Waals surface area contributed by atoms with Gasteiger partial charge < -0.3 is 15.0 Å². The number of aromatic nitrogens is 2. The molecule has 0 spiro atoms. The lowest BCUT2D eigenvalue weighted by atomic mass is 9.73. The third-order valence-electron chi connectivity index (χ3n) is 9.56. The number of carbonyl (C=O) groups excluding carboxylic acids is 2. The molecule has 6 heteroatoms. The molecule has 6 nitrogen and oxygen atoms in total. The van der Waals surface area contributed by atoms with Gasteiger partial charge >= 0.3 is 6.09 Å². The van der Waals surface area contributed by atoms with Crippen LogP contribution in [0, 0.1) is 24.7 Å². The highest BCUT2D eigenvalue weighted by Gasteiger charge is 2.41. The first-order valence-electron chi connectivity index (χ1n) is 14.4. The number of ether oxygens (including phenoxy) is 1. The highest BCUT2D eigenvalue weighted by molar-refractivity contribution is 5.90. The first-order valence-corrected chi connectivity index (χ1v) is 14.4. The number of Topliss-reactive ketones (excluding diaryl/α,β-unsaturated/α-hetero) is 1. The molecule has 2 aromatic carbocycles. The van der Waals surface area contributed by atoms with Crippen molar-refractivity contribution < 1.29 is 14.3 Å². The van der Waals surface area contributed by atoms with Crippen LogP contribution < -0.4 is 5.32 Å². The highest BCUT2D eigenvalue weighted by Crippen LogP contribution is 2.54. The fraction of sp³-hybridized carbons (Fsp3) is 0.531. The van der Waals surface area contributed by atoms with Gasteiger partial charge in [0.25, 0.3) is 0 Å². The number of methoxy groups -OCH3 is 1. The summed E-state index contributed by atoms with van der Waals surface area (Å²) < 4.78 is 4.80. The van der Waals surface area contributed by atoms with E-state index in [4.69, 9.17) is 9.72 Å². The summed E-state index contributed by atoms with van der Waals surface area (Å²) in [6, 6.07) is 10.6. The number of ketones is 1. The number of imidazole rings is 1. The lowest BCUT2D eigenvalue weighted by Crippen LogP contribution is -2.48. The van der Waals surface area contributed by atoms with Crippen LogP contribution in [-0.2, 0) is 16.0 Å². The zero-order valence-corrected chi connectivity index (χ0v) is 23.0. The van der Waals surface area contributed by atoms with Crippen molar-refractivity contribution in [1.29, 1.82) is 0 Å². The van der Waals surface area contributed by atoms with E-state index in [-0.39, 0.29) is 23.5 Å². The van der Waals surface area contributed by atoms with Crippen LogP contribution in [0.15, 0.2) is 30.3 Å². The summed E-state index contributed by atoms with van der Waals surface area (Å²) in [4.78, 5) is 34.3. The monoisotopic (exact) mass is 513 g/mol. The maximum atomic E-state index is 13.7. The lowest BCUT2D eigenvalue weighted by Gasteiger charge is -2.33. The number of aromatic amines is 1. The van der Waals surface area contributed by atoms with Crippen molar-refractivity contribution in [2.24, 2.45) is 17.8 Å². The Morgan fingerprint density at radius 1 is 1.05 bits per heavy atom. The van der Waals surface area contributed by atoms with E-state index in [1.54, 1.807) is 11.1 Å². The Balaban J connectivity index is 1.31. The Bertz CT molecular complexity index is 1390. The molecule has 2 N–H and O–H groups in total. The standard InChI is InChI=1S/C32H39N3O3/c1-17(2)29(35-32(37)38-4)30(36)23-7-5-6-8-24(23)31-33-26-14-11-20(16-27(26)34-31)21-12-9-18(3)28-22-13-10-19(22)15-25(21)28/h9,11-12,14,16-17,19,22-24,29H,5-8,10,13,15H2,1-4H3,(H,33,34)(H,35,37)/t19?,22?,23?,24-,29+/m1/s1. The van der Waals surface area contributed by atoms with Gasteiger partial charge in [-0.3, -0.25) is 4.79 Å². The number of benzene rings is 2. The van der Waals surface area contributed by atoms with Gasteiger partial charge in [-0.25, -0.2) is 9.78 Å². The number of amides is 1. The molecule has 1 heterocycles. The van der Waals surface area contributed by atoms with Crippen LogP contribution in [0.5, 0.6) is 0 Å². The molecule has 0 radical (unpaired) electrons. The average Bonchev–Trinajstić information content (AvgIpc) is 3.45. The number of nitrogens with zero attached hydrogens (tertiary/aromatic N) is 1. The van der Waals surface area contributed by atoms with Crippen molar-refractivity contribution in [2.45, 2.75) is 83.6 Å². The van der Waals surface area contributed by atoms with Gasteiger partial charge in [-0.05, 0) is 96.7 Å². The van der Waals surface area contributed by atoms with Crippen LogP contribution in [0.25, 0.3) is 22.2 Å². The number of aryl methyl sites for hydroxylation is 1. The molecular formula is C32H39N3O3. The van der Waals surface area contributed by atoms with E-state index in [9.17, 15) is 9.59 Å². The highest BCUT2D eigenvalue weighted by atomic mass is 16.5. The minimum Gasteiger partial charge on any atom is -0.453 e. The van der Waals surface area contributed by atoms with E-state index in [0.717, 1.165) is 54.4 Å². The molecule has 0 bridgehead atoms. The first-order chi connectivity index (χ1) is 18.4. The van der Waals surface area contributed by atoms with Crippen molar-refractivity contribution in [3.63, 3.8) is 0 Å². The lowest BCUT2D eigenvalue weighted by molar-refractivity contribution is -0.127. The van der Waals surface area contributed by atoms with Crippen molar-refractivity contribution in [1.82, 2.24) is 15.3 Å². The largest absolute Gasteiger partial charge is 0.453 e. The van der Waals surface area contributed by atoms with Gasteiger partial charge in [0.2, 0.25) is 0 Å². The number of hydrogen-bond acceptors (Lipinski definition) is 4. The number of hydrogen-bond donors (Lipinski definition) is 2. The summed E-state index contributed by atoms with van der Waals surface area (Å²) >= 11 is 0. The van der Waals surface area contributed by atoms with Gasteiger partial charge in [-0.2, -0.15) is 0 Å². The van der Waals surface area contributed by atoms with Crippen LogP contribution in [0.4, 0.5) is 4.79 Å². The normalized spacial score (nSPS) is 25.0. The number of H-pyrrole nitrogens is 1. The Labute approximate surface area is 225 Å². The Hall–Kier alpha value is -3.15. The zero-order chi connectivity index (χ0) is 26.6. The van der Waals surface area contributed by atoms with E-state index in [1.165, 1.54) is 43.1 Å². The van der Waals surface area contributed by atoms with Crippen LogP contribution >= 0.6 is 0 Å². The average molecular weight is 514 g/mol. The Kier molecular flexibility index (Phi) is 6.53. The second-order valence-electron chi connectivity index (χ2n) is 12.1. The quantitative estimate of drug-likeness (QED) is 0.379. The van der Waals surface area contributed by atoms with Crippen LogP contribution in [0.3, 0.4) is 0 Å². The smallest absolute Gasteiger partial charge is 0.407 e. The summed E-state index contributed by atoms with van der Waals surface area (Å²) in [6.07, 6.45) is 7.15. The van der Waals surface area contributed by atoms with Crippen molar-refractivity contribution >= 4 is 22.9 Å². The molecule has 200 valence electrons. The van der Waals surface area contributed by atoms with Gasteiger partial charge in [0.15, 0.2) is 5.78 Å². The summed E-state index contributed by atoms with van der Waals surface area (Å²) in [7, 11) is 1.33. The molecule has 38 heavy (non-hydrogen) atoms. The van der Waals surface area contributed by atoms with Crippen LogP contribution in [0.2, 0.25) is 0 Å². The van der Waals surface area contributed by atoms with Gasteiger partial charge in [0.1, 0.15) is 5.82 Å². The first kappa shape index (κ1) is 25.1. The van der Waals surface area contributed by atoms with E-state index < -0.39 is 12.1 Å². The van der Waals surface area contributed by atoms with Gasteiger partial charge in [-0.15, -0.1) is 0 Å². The summed E-state index contributed by atoms with van der Waals surface area (Å²) in [5.41, 5.74) is 9.16. The maximum absolute atomic E-state index is 13.7. The SMILES string of the molecule is COC(=O)N[C@H](C(=O)C1CCCC[C@H]1c1nc2ccc(-c3ccc(C)c4c3CC3CCC43)cc2[nH]1)C(C)C. The molecule has 3 aliphatic carbocycles. The van der Waals surface area contributed by atoms with Crippen LogP contribution in [-0.4, -0.2) is 35.0 Å². The van der Waals surface area contributed by atoms with Gasteiger partial charge in [0.05, 0.1) is 24.2 Å². The van der Waals surface area contributed by atoms with E-state index >= 15 is 0 Å². The fourth-order valence-corrected chi connectivity index (χ4v) is 7.40. The van der Waals surface area contributed by atoms with Crippen molar-refractivity contribution in [3.8, 4) is 11.1 Å². The number of alkyl carbamates (subject to hydrolysis) is 1. The number of fused-ring (bicyclic) bond motifs is 4. The number of carbonyl (C=O) groups is 2. The summed E-state index contributed by atoms with van der Waals surface area (Å²) in [5, 5.41) is 2.78. The third-order valence-corrected chi connectivity index (χ3v) is 9.56. The van der Waals surface area contributed by atoms with Gasteiger partial charge in [-0.1, -0.05) is 44.9 Å². The molecule has 1 aromatic heterocycles. The third kappa shape index (κ3) is 4.22. The number of nitrogens with one attached hydrogen (secondary N) is 2. The van der Waals surface area contributed by atoms with Crippen LogP contribution in [0.1, 0.15) is 86.7 Å². The van der Waals surface area contributed by atoms with E-state index in [1.807, 2.05) is 13.8 Å². The molecule has 6 rings (SSSR count). The molecule has 5 atom stereocenters. The molecule has 3 aliphatic rings. The predicted molar refractivity (Wildman–Crippen MR) is 149 cm³/mol. The summed E-state index contributed by atoms with van der Waals surface area (Å²) in [5.74, 6) is 2.39. The molecule has 0 aliphatic heterocycles. The van der Waals surface area contributed by atoms with Crippen molar-refractivity contribution in [3.05, 3.63) is 52.8 Å².